The Balaban J connectivity index is -0.000000151. The molecule has 8 heteroatoms. The maximum Gasteiger partial charge on any atom is 0.327 e. The van der Waals surface area contributed by atoms with Crippen LogP contribution in [-0.2, 0) is 14.4 Å². The monoisotopic (exact) mass is 363 g/mol. The Morgan fingerprint density at radius 3 is 1.75 bits per heavy atom. The van der Waals surface area contributed by atoms with Crippen LogP contribution in [0.25, 0.3) is 0 Å². The van der Waals surface area contributed by atoms with Crippen molar-refractivity contribution in [2.24, 2.45) is 5.73 Å². The van der Waals surface area contributed by atoms with Crippen molar-refractivity contribution in [3.63, 3.8) is 0 Å². The number of aliphatic carboxylic acids is 1. The molecule has 7 nitrogen and oxygen atoms in total. The zero-order valence-corrected chi connectivity index (χ0v) is 15.7. The van der Waals surface area contributed by atoms with Crippen molar-refractivity contribution in [3.8, 4) is 0 Å². The first-order chi connectivity index (χ1) is 10.4. The highest BCUT2D eigenvalue weighted by Gasteiger charge is 2.06. The molecular weight excluding hydrogens is 334 g/mol. The lowest BCUT2D eigenvalue weighted by Crippen LogP contribution is -3.00. The normalized spacial score (nSPS) is 8.67. The smallest absolute Gasteiger partial charge is 0.327 e. The third kappa shape index (κ3) is 36.8. The van der Waals surface area contributed by atoms with Crippen molar-refractivity contribution in [2.75, 3.05) is 34.2 Å². The molecule has 24 heavy (non-hydrogen) atoms. The number of nitrogens with two attached hydrogens (primary N) is 1. The summed E-state index contributed by atoms with van der Waals surface area (Å²) < 4.78 is 0.933. The molecule has 0 aromatic heterocycles. The van der Waals surface area contributed by atoms with E-state index in [1.54, 1.807) is 6.92 Å². The van der Waals surface area contributed by atoms with Crippen molar-refractivity contribution >= 4 is 17.8 Å². The zero-order valence-electron chi connectivity index (χ0n) is 15.0. The Hall–Kier alpha value is -2.12. The molecule has 0 aromatic carbocycles. The number of quaternary nitrogens is 1. The third-order valence-electron chi connectivity index (χ3n) is 2.05. The number of rotatable bonds is 7. The van der Waals surface area contributed by atoms with Crippen LogP contribution in [-0.4, -0.2) is 61.6 Å². The van der Waals surface area contributed by atoms with E-state index in [9.17, 15) is 14.4 Å². The first-order valence-electron chi connectivity index (χ1n) is 6.88. The molecule has 0 saturated heterocycles. The van der Waals surface area contributed by atoms with Crippen molar-refractivity contribution < 1.29 is 36.4 Å². The molecule has 0 fully saturated rings. The molecule has 0 aliphatic rings. The topological polar surface area (TPSA) is 109 Å². The number of carboxylic acid groups (broad SMARTS) is 1. The van der Waals surface area contributed by atoms with E-state index >= 15 is 0 Å². The number of carboxylic acids is 1. The van der Waals surface area contributed by atoms with E-state index < -0.39 is 11.9 Å². The van der Waals surface area contributed by atoms with Gasteiger partial charge in [0.15, 0.2) is 0 Å². The summed E-state index contributed by atoms with van der Waals surface area (Å²) in [5.41, 5.74) is 5.11. The van der Waals surface area contributed by atoms with Gasteiger partial charge in [-0.2, -0.15) is 0 Å². The third-order valence-corrected chi connectivity index (χ3v) is 2.05. The zero-order chi connectivity index (χ0) is 19.1. The minimum atomic E-state index is -0.981. The largest absolute Gasteiger partial charge is 1.00 e. The second kappa shape index (κ2) is 17.2. The molecule has 0 heterocycles. The van der Waals surface area contributed by atoms with E-state index in [-0.39, 0.29) is 18.3 Å². The molecule has 0 radical (unpaired) electrons. The minimum Gasteiger partial charge on any atom is -1.00 e. The lowest BCUT2D eigenvalue weighted by atomic mass is 10.3. The maximum atomic E-state index is 11.1. The average Bonchev–Trinajstić information content (AvgIpc) is 2.43. The lowest BCUT2D eigenvalue weighted by molar-refractivity contribution is -0.870. The summed E-state index contributed by atoms with van der Waals surface area (Å²) in [7, 11) is 6.42. The number of nitrogens with zero attached hydrogens (tertiary/aromatic N) is 1. The van der Waals surface area contributed by atoms with E-state index in [0.717, 1.165) is 36.1 Å². The van der Waals surface area contributed by atoms with Crippen LogP contribution in [0.15, 0.2) is 37.5 Å². The molecule has 0 bridgehead atoms. The van der Waals surface area contributed by atoms with Gasteiger partial charge in [0, 0.05) is 24.6 Å². The van der Waals surface area contributed by atoms with Crippen molar-refractivity contribution in [1.29, 1.82) is 0 Å². The van der Waals surface area contributed by atoms with E-state index in [4.69, 9.17) is 5.11 Å². The van der Waals surface area contributed by atoms with Gasteiger partial charge in [-0.1, -0.05) is 19.7 Å². The average molecular weight is 364 g/mol. The number of carbonyl (C=O) groups excluding carboxylic acids is 2. The predicted molar refractivity (Wildman–Crippen MR) is 92.6 cm³/mol. The highest BCUT2D eigenvalue weighted by molar-refractivity contribution is 5.92. The SMILES string of the molecule is C=C(C)C(=O)NCCC[N+](C)(C)C.C=CC(=O)O.C=CC(N)=O.[Cl-]. The fourth-order valence-electron chi connectivity index (χ4n) is 0.906. The number of nitrogens with one attached hydrogen (secondary N) is 1. The minimum absolute atomic E-state index is 0. The lowest BCUT2D eigenvalue weighted by Gasteiger charge is -2.23. The molecule has 0 spiro atoms. The number of primary amides is 1. The van der Waals surface area contributed by atoms with Gasteiger partial charge in [-0.25, -0.2) is 4.79 Å². The van der Waals surface area contributed by atoms with Crippen molar-refractivity contribution in [3.05, 3.63) is 37.5 Å². The summed E-state index contributed by atoms with van der Waals surface area (Å²) in [6.45, 7) is 13.1. The van der Waals surface area contributed by atoms with Gasteiger partial charge in [0.1, 0.15) is 0 Å². The molecule has 140 valence electrons. The molecule has 0 aromatic rings. The second-order valence-corrected chi connectivity index (χ2v) is 5.55. The van der Waals surface area contributed by atoms with Gasteiger partial charge in [0.05, 0.1) is 27.7 Å². The maximum absolute atomic E-state index is 11.1. The standard InChI is InChI=1S/C10H20N2O.C3H5NO.C3H4O2.ClH/c1-9(2)10(13)11-7-6-8-12(3,4)5;2*1-2-3(4)5;/h1,6-8H2,2-5H3;2H,1H2,(H2,4,5);2H,1H2,(H,4,5);1H. The van der Waals surface area contributed by atoms with Crippen molar-refractivity contribution in [2.45, 2.75) is 13.3 Å². The fourth-order valence-corrected chi connectivity index (χ4v) is 0.906. The summed E-state index contributed by atoms with van der Waals surface area (Å²) in [6, 6.07) is 0. The predicted octanol–water partition coefficient (Wildman–Crippen LogP) is -2.31. The van der Waals surface area contributed by atoms with Crippen LogP contribution in [0.2, 0.25) is 0 Å². The Kier molecular flexibility index (Phi) is 21.4. The van der Waals surface area contributed by atoms with Gasteiger partial charge in [0.25, 0.3) is 0 Å². The summed E-state index contributed by atoms with van der Waals surface area (Å²) in [4.78, 5) is 29.8. The van der Waals surface area contributed by atoms with Crippen LogP contribution in [0, 0.1) is 0 Å². The van der Waals surface area contributed by atoms with E-state index in [1.807, 2.05) is 0 Å². The highest BCUT2D eigenvalue weighted by Crippen LogP contribution is 1.92. The van der Waals surface area contributed by atoms with E-state index in [2.05, 4.69) is 51.9 Å². The molecule has 4 N–H and O–H groups in total. The molecule has 2 amide bonds. The van der Waals surface area contributed by atoms with Crippen LogP contribution in [0.5, 0.6) is 0 Å². The Bertz CT molecular complexity index is 412. The van der Waals surface area contributed by atoms with E-state index in [1.165, 1.54) is 0 Å². The fraction of sp³-hybridized carbons (Fsp3) is 0.438. The number of hydrogen-bond donors (Lipinski definition) is 3. The van der Waals surface area contributed by atoms with Gasteiger partial charge in [-0.3, -0.25) is 9.59 Å². The first kappa shape index (κ1) is 29.8. The van der Waals surface area contributed by atoms with Crippen LogP contribution < -0.4 is 23.5 Å². The Morgan fingerprint density at radius 1 is 1.17 bits per heavy atom. The summed E-state index contributed by atoms with van der Waals surface area (Å²) in [6.07, 6.45) is 2.89. The number of halogens is 1. The molecular formula is C16H30ClN3O4. The van der Waals surface area contributed by atoms with Crippen LogP contribution in [0.3, 0.4) is 0 Å². The summed E-state index contributed by atoms with van der Waals surface area (Å²) in [5, 5.41) is 10.4. The van der Waals surface area contributed by atoms with Crippen molar-refractivity contribution in [1.82, 2.24) is 5.32 Å². The summed E-state index contributed by atoms with van der Waals surface area (Å²) in [5.74, 6) is -1.50. The Labute approximate surface area is 150 Å². The molecule has 0 saturated carbocycles. The molecule has 0 aliphatic heterocycles. The van der Waals surface area contributed by atoms with E-state index in [0.29, 0.717) is 5.57 Å². The van der Waals surface area contributed by atoms with Gasteiger partial charge in [-0.15, -0.1) is 0 Å². The summed E-state index contributed by atoms with van der Waals surface area (Å²) >= 11 is 0. The first-order valence-corrected chi connectivity index (χ1v) is 6.88. The van der Waals surface area contributed by atoms with Gasteiger partial charge in [-0.05, 0) is 13.0 Å². The quantitative estimate of drug-likeness (QED) is 0.268. The highest BCUT2D eigenvalue weighted by atomic mass is 35.5. The molecule has 0 aliphatic carbocycles. The van der Waals surface area contributed by atoms with Gasteiger partial charge >= 0.3 is 5.97 Å². The second-order valence-electron chi connectivity index (χ2n) is 5.55. The molecule has 0 rings (SSSR count). The number of carbonyl (C=O) groups is 3. The van der Waals surface area contributed by atoms with Crippen LogP contribution >= 0.6 is 0 Å². The number of hydrogen-bond acceptors (Lipinski definition) is 3. The molecule has 0 unspecified atom stereocenters. The number of amides is 2. The van der Waals surface area contributed by atoms with Gasteiger partial charge < -0.3 is 33.0 Å². The molecule has 0 atom stereocenters. The van der Waals surface area contributed by atoms with Crippen LogP contribution in [0.1, 0.15) is 13.3 Å². The van der Waals surface area contributed by atoms with Crippen LogP contribution in [0.4, 0.5) is 0 Å². The Morgan fingerprint density at radius 2 is 1.54 bits per heavy atom. The van der Waals surface area contributed by atoms with Gasteiger partial charge in [0.2, 0.25) is 11.8 Å².